The third kappa shape index (κ3) is 5.80. The Kier molecular flexibility index (Phi) is 7.33. The lowest BCUT2D eigenvalue weighted by Gasteiger charge is -2.22. The number of anilines is 2. The summed E-state index contributed by atoms with van der Waals surface area (Å²) in [6, 6.07) is 15.6. The van der Waals surface area contributed by atoms with E-state index in [1.54, 1.807) is 13.1 Å². The molecule has 2 aromatic carbocycles. The molecule has 0 amide bonds. The minimum Gasteiger partial charge on any atom is -0.439 e. The summed E-state index contributed by atoms with van der Waals surface area (Å²) in [5.74, 6) is 0.769. The molecule has 0 radical (unpaired) electrons. The molecule has 10 heteroatoms. The quantitative estimate of drug-likeness (QED) is 0.337. The number of hydrogen-bond acceptors (Lipinski definition) is 7. The Balaban J connectivity index is 1.47. The molecule has 9 nitrogen and oxygen atoms in total. The Morgan fingerprint density at radius 3 is 2.24 bits per heavy atom. The third-order valence-electron chi connectivity index (χ3n) is 6.69. The van der Waals surface area contributed by atoms with E-state index in [4.69, 9.17) is 4.74 Å². The highest BCUT2D eigenvalue weighted by Gasteiger charge is 2.20. The zero-order valence-corrected chi connectivity index (χ0v) is 22.7. The molecule has 4 aromatic rings. The molecule has 1 aliphatic rings. The van der Waals surface area contributed by atoms with Crippen molar-refractivity contribution in [3.8, 4) is 22.9 Å². The molecule has 1 N–H and O–H groups in total. The fourth-order valence-electron chi connectivity index (χ4n) is 4.76. The summed E-state index contributed by atoms with van der Waals surface area (Å²) in [5, 5.41) is 3.96. The Bertz CT molecular complexity index is 1500. The number of nitrogens with one attached hydrogen (secondary N) is 1. The van der Waals surface area contributed by atoms with Crippen LogP contribution in [0.1, 0.15) is 36.8 Å². The first-order chi connectivity index (χ1) is 18.3. The molecule has 1 saturated heterocycles. The lowest BCUT2D eigenvalue weighted by molar-refractivity contribution is 0.463. The number of benzene rings is 2. The predicted octanol–water partition coefficient (Wildman–Crippen LogP) is 5.47. The van der Waals surface area contributed by atoms with Gasteiger partial charge in [0.15, 0.2) is 0 Å². The van der Waals surface area contributed by atoms with Gasteiger partial charge in [-0.1, -0.05) is 31.0 Å². The molecule has 0 spiro atoms. The highest BCUT2D eigenvalue weighted by Crippen LogP contribution is 2.32. The van der Waals surface area contributed by atoms with Crippen LogP contribution in [0.4, 0.5) is 11.6 Å². The fourth-order valence-corrected chi connectivity index (χ4v) is 5.69. The molecule has 1 aliphatic heterocycles. The SMILES string of the molecule is Cc1cccc(C)c1-c1cc(Oc2ccc(N3CCCCCC3)cc2)nc(NS(=O)(=O)c2cnn(C)c2)n1. The van der Waals surface area contributed by atoms with E-state index in [-0.39, 0.29) is 16.7 Å². The van der Waals surface area contributed by atoms with E-state index in [1.807, 2.05) is 44.2 Å². The van der Waals surface area contributed by atoms with Crippen LogP contribution < -0.4 is 14.4 Å². The standard InChI is InChI=1S/C28H32N6O3S/c1-20-9-8-10-21(2)27(20)25-17-26(31-28(30-25)32-38(35,36)24-18-29-33(3)19-24)37-23-13-11-22(12-14-23)34-15-6-4-5-7-16-34/h8-14,17-19H,4-7,15-16H2,1-3H3,(H,30,31,32). The molecule has 0 atom stereocenters. The van der Waals surface area contributed by atoms with Gasteiger partial charge in [0.25, 0.3) is 10.0 Å². The van der Waals surface area contributed by atoms with Crippen molar-refractivity contribution < 1.29 is 13.2 Å². The van der Waals surface area contributed by atoms with Gasteiger partial charge >= 0.3 is 0 Å². The van der Waals surface area contributed by atoms with Crippen LogP contribution in [-0.4, -0.2) is 41.3 Å². The molecule has 198 valence electrons. The van der Waals surface area contributed by atoms with E-state index < -0.39 is 10.0 Å². The van der Waals surface area contributed by atoms with E-state index in [9.17, 15) is 8.42 Å². The normalized spacial score (nSPS) is 14.2. The van der Waals surface area contributed by atoms with Crippen molar-refractivity contribution in [1.29, 1.82) is 0 Å². The number of hydrogen-bond donors (Lipinski definition) is 1. The maximum Gasteiger partial charge on any atom is 0.267 e. The second-order valence-corrected chi connectivity index (χ2v) is 11.3. The first kappa shape index (κ1) is 25.7. The van der Waals surface area contributed by atoms with Crippen LogP contribution in [0.5, 0.6) is 11.6 Å². The number of rotatable bonds is 7. The molecule has 38 heavy (non-hydrogen) atoms. The van der Waals surface area contributed by atoms with Crippen molar-refractivity contribution in [1.82, 2.24) is 19.7 Å². The van der Waals surface area contributed by atoms with Crippen LogP contribution in [0.2, 0.25) is 0 Å². The Labute approximate surface area is 223 Å². The van der Waals surface area contributed by atoms with Crippen molar-refractivity contribution in [3.63, 3.8) is 0 Å². The van der Waals surface area contributed by atoms with Gasteiger partial charge in [-0.15, -0.1) is 0 Å². The Hall–Kier alpha value is -3.92. The topological polar surface area (TPSA) is 102 Å². The molecule has 2 aromatic heterocycles. The molecule has 5 rings (SSSR count). The number of ether oxygens (including phenoxy) is 1. The van der Waals surface area contributed by atoms with Gasteiger partial charge in [-0.3, -0.25) is 4.68 Å². The largest absolute Gasteiger partial charge is 0.439 e. The van der Waals surface area contributed by atoms with Gasteiger partial charge in [0.1, 0.15) is 10.6 Å². The van der Waals surface area contributed by atoms with Crippen LogP contribution in [-0.2, 0) is 17.1 Å². The molecule has 1 fully saturated rings. The van der Waals surface area contributed by atoms with Crippen LogP contribution >= 0.6 is 0 Å². The van der Waals surface area contributed by atoms with Gasteiger partial charge < -0.3 is 9.64 Å². The Morgan fingerprint density at radius 2 is 1.61 bits per heavy atom. The monoisotopic (exact) mass is 532 g/mol. The molecule has 0 bridgehead atoms. The van der Waals surface area contributed by atoms with Crippen molar-refractivity contribution in [2.75, 3.05) is 22.7 Å². The molecule has 3 heterocycles. The van der Waals surface area contributed by atoms with Crippen molar-refractivity contribution in [2.24, 2.45) is 7.05 Å². The first-order valence-electron chi connectivity index (χ1n) is 12.8. The molecule has 0 saturated carbocycles. The highest BCUT2D eigenvalue weighted by atomic mass is 32.2. The van der Waals surface area contributed by atoms with Crippen LogP contribution in [0.15, 0.2) is 65.8 Å². The maximum absolute atomic E-state index is 13.0. The fraction of sp³-hybridized carbons (Fsp3) is 0.321. The maximum atomic E-state index is 13.0. The minimum atomic E-state index is -3.94. The minimum absolute atomic E-state index is 0.0210. The summed E-state index contributed by atoms with van der Waals surface area (Å²) < 4.78 is 36.0. The van der Waals surface area contributed by atoms with Crippen LogP contribution in [0, 0.1) is 13.8 Å². The number of sulfonamides is 1. The number of aromatic nitrogens is 4. The second kappa shape index (κ2) is 10.8. The predicted molar refractivity (Wildman–Crippen MR) is 148 cm³/mol. The summed E-state index contributed by atoms with van der Waals surface area (Å²) in [4.78, 5) is 11.4. The van der Waals surface area contributed by atoms with E-state index in [1.165, 1.54) is 48.4 Å². The molecule has 0 aliphatic carbocycles. The lowest BCUT2D eigenvalue weighted by atomic mass is 10.00. The zero-order valence-electron chi connectivity index (χ0n) is 21.9. The van der Waals surface area contributed by atoms with E-state index >= 15 is 0 Å². The van der Waals surface area contributed by atoms with Crippen LogP contribution in [0.3, 0.4) is 0 Å². The second-order valence-electron chi connectivity index (χ2n) is 9.63. The van der Waals surface area contributed by atoms with Gasteiger partial charge in [0, 0.05) is 43.7 Å². The zero-order chi connectivity index (χ0) is 26.7. The summed E-state index contributed by atoms with van der Waals surface area (Å²) >= 11 is 0. The Morgan fingerprint density at radius 1 is 0.921 bits per heavy atom. The first-order valence-corrected chi connectivity index (χ1v) is 14.3. The summed E-state index contributed by atoms with van der Waals surface area (Å²) in [7, 11) is -2.29. The molecular weight excluding hydrogens is 500 g/mol. The average Bonchev–Trinajstić information content (AvgIpc) is 3.15. The van der Waals surface area contributed by atoms with Gasteiger partial charge in [-0.25, -0.2) is 18.1 Å². The lowest BCUT2D eigenvalue weighted by Crippen LogP contribution is -2.23. The smallest absolute Gasteiger partial charge is 0.267 e. The highest BCUT2D eigenvalue weighted by molar-refractivity contribution is 7.92. The number of aryl methyl sites for hydroxylation is 3. The van der Waals surface area contributed by atoms with E-state index in [0.29, 0.717) is 11.4 Å². The average molecular weight is 533 g/mol. The molecular formula is C28H32N6O3S. The van der Waals surface area contributed by atoms with E-state index in [2.05, 4.69) is 36.8 Å². The van der Waals surface area contributed by atoms with Crippen molar-refractivity contribution >= 4 is 21.7 Å². The summed E-state index contributed by atoms with van der Waals surface area (Å²) in [5.41, 5.74) is 4.66. The summed E-state index contributed by atoms with van der Waals surface area (Å²) in [6.45, 7) is 6.11. The summed E-state index contributed by atoms with van der Waals surface area (Å²) in [6.07, 6.45) is 7.67. The number of nitrogens with zero attached hydrogens (tertiary/aromatic N) is 5. The van der Waals surface area contributed by atoms with Gasteiger partial charge in [0.2, 0.25) is 11.8 Å². The van der Waals surface area contributed by atoms with Crippen LogP contribution in [0.25, 0.3) is 11.3 Å². The van der Waals surface area contributed by atoms with Crippen molar-refractivity contribution in [3.05, 3.63) is 72.1 Å². The molecule has 0 unspecified atom stereocenters. The van der Waals surface area contributed by atoms with Gasteiger partial charge in [-0.2, -0.15) is 10.1 Å². The third-order valence-corrected chi connectivity index (χ3v) is 7.97. The van der Waals surface area contributed by atoms with Gasteiger partial charge in [0.05, 0.1) is 11.9 Å². The van der Waals surface area contributed by atoms with E-state index in [0.717, 1.165) is 29.8 Å². The van der Waals surface area contributed by atoms with Gasteiger partial charge in [-0.05, 0) is 62.1 Å². The van der Waals surface area contributed by atoms with Crippen molar-refractivity contribution in [2.45, 2.75) is 44.4 Å².